The molecule has 28 heavy (non-hydrogen) atoms. The molecule has 0 spiro atoms. The normalized spacial score (nSPS) is 16.6. The topological polar surface area (TPSA) is 93.5 Å². The Labute approximate surface area is 163 Å². The molecule has 8 nitrogen and oxygen atoms in total. The van der Waals surface area contributed by atoms with Gasteiger partial charge in [-0.2, -0.15) is 0 Å². The maximum atomic E-state index is 12.8. The summed E-state index contributed by atoms with van der Waals surface area (Å²) in [5, 5.41) is 2.60. The first-order chi connectivity index (χ1) is 13.5. The van der Waals surface area contributed by atoms with Gasteiger partial charge >= 0.3 is 0 Å². The van der Waals surface area contributed by atoms with Gasteiger partial charge in [0.1, 0.15) is 6.10 Å². The molecule has 1 aliphatic heterocycles. The smallest absolute Gasteiger partial charge is 0.255 e. The van der Waals surface area contributed by atoms with Crippen LogP contribution in [-0.4, -0.2) is 53.0 Å². The Balaban J connectivity index is 1.65. The summed E-state index contributed by atoms with van der Waals surface area (Å²) >= 11 is 0. The van der Waals surface area contributed by atoms with E-state index in [1.807, 2.05) is 12.1 Å². The molecule has 3 heterocycles. The summed E-state index contributed by atoms with van der Waals surface area (Å²) < 4.78 is 7.20. The lowest BCUT2D eigenvalue weighted by molar-refractivity contribution is -0.120. The van der Waals surface area contributed by atoms with Crippen molar-refractivity contribution < 1.29 is 14.3 Å². The van der Waals surface area contributed by atoms with Crippen molar-refractivity contribution in [2.45, 2.75) is 18.9 Å². The molecule has 2 aromatic heterocycles. The molecule has 1 aliphatic rings. The van der Waals surface area contributed by atoms with Crippen LogP contribution in [0.1, 0.15) is 34.1 Å². The number of carbonyl (C=O) groups is 2. The molecule has 1 saturated heterocycles. The van der Waals surface area contributed by atoms with Crippen LogP contribution in [0.5, 0.6) is 0 Å². The van der Waals surface area contributed by atoms with Crippen LogP contribution in [-0.2, 0) is 23.0 Å². The third-order valence-electron chi connectivity index (χ3n) is 4.78. The lowest BCUT2D eigenvalue weighted by atomic mass is 10.1. The van der Waals surface area contributed by atoms with Crippen LogP contribution in [0.25, 0.3) is 0 Å². The fourth-order valence-electron chi connectivity index (χ4n) is 3.07. The number of pyridine rings is 2. The van der Waals surface area contributed by atoms with Gasteiger partial charge in [-0.15, -0.1) is 0 Å². The predicted octanol–water partition coefficient (Wildman–Crippen LogP) is 0.673. The summed E-state index contributed by atoms with van der Waals surface area (Å²) in [4.78, 5) is 41.8. The first kappa shape index (κ1) is 19.8. The zero-order chi connectivity index (χ0) is 20.1. The second kappa shape index (κ2) is 8.79. The Hall–Kier alpha value is -3.00. The molecular weight excluding hydrogens is 360 g/mol. The number of hydrogen-bond acceptors (Lipinski definition) is 5. The van der Waals surface area contributed by atoms with Gasteiger partial charge in [-0.1, -0.05) is 6.07 Å². The number of ether oxygens (including phenoxy) is 1. The van der Waals surface area contributed by atoms with Crippen molar-refractivity contribution >= 4 is 11.8 Å². The number of morpholine rings is 1. The number of carbonyl (C=O) groups excluding carboxylic acids is 2. The summed E-state index contributed by atoms with van der Waals surface area (Å²) in [6.45, 7) is 1.30. The van der Waals surface area contributed by atoms with Crippen molar-refractivity contribution in [2.24, 2.45) is 7.05 Å². The van der Waals surface area contributed by atoms with Gasteiger partial charge in [0.2, 0.25) is 11.5 Å². The average Bonchev–Trinajstić information content (AvgIpc) is 2.74. The van der Waals surface area contributed by atoms with Gasteiger partial charge in [0.05, 0.1) is 24.4 Å². The summed E-state index contributed by atoms with van der Waals surface area (Å²) in [6, 6.07) is 6.76. The molecule has 1 unspecified atom stereocenters. The van der Waals surface area contributed by atoms with E-state index in [0.717, 1.165) is 11.3 Å². The van der Waals surface area contributed by atoms with Crippen molar-refractivity contribution in [1.29, 1.82) is 0 Å². The average molecular weight is 384 g/mol. The highest BCUT2D eigenvalue weighted by Gasteiger charge is 2.27. The lowest BCUT2D eigenvalue weighted by Crippen LogP contribution is -2.42. The highest BCUT2D eigenvalue weighted by atomic mass is 16.5. The molecule has 0 aromatic carbocycles. The quantitative estimate of drug-likeness (QED) is 0.818. The van der Waals surface area contributed by atoms with E-state index in [2.05, 4.69) is 10.3 Å². The number of hydrogen-bond donors (Lipinski definition) is 1. The molecule has 1 N–H and O–H groups in total. The minimum Gasteiger partial charge on any atom is -0.368 e. The number of aryl methyl sites for hydroxylation is 2. The van der Waals surface area contributed by atoms with E-state index in [1.54, 1.807) is 37.5 Å². The summed E-state index contributed by atoms with van der Waals surface area (Å²) in [6.07, 6.45) is 4.03. The van der Waals surface area contributed by atoms with E-state index in [1.165, 1.54) is 10.6 Å². The zero-order valence-electron chi connectivity index (χ0n) is 16.1. The van der Waals surface area contributed by atoms with Crippen molar-refractivity contribution in [3.05, 3.63) is 63.8 Å². The minimum absolute atomic E-state index is 0.00717. The van der Waals surface area contributed by atoms with Crippen LogP contribution >= 0.6 is 0 Å². The molecule has 8 heteroatoms. The summed E-state index contributed by atoms with van der Waals surface area (Å²) in [7, 11) is 3.24. The van der Waals surface area contributed by atoms with Crippen molar-refractivity contribution in [1.82, 2.24) is 19.8 Å². The molecule has 0 saturated carbocycles. The van der Waals surface area contributed by atoms with Crippen LogP contribution in [0.15, 0.2) is 41.5 Å². The number of amides is 2. The van der Waals surface area contributed by atoms with Crippen LogP contribution in [0.2, 0.25) is 0 Å². The van der Waals surface area contributed by atoms with Gasteiger partial charge in [-0.05, 0) is 24.1 Å². The lowest BCUT2D eigenvalue weighted by Gasteiger charge is -2.32. The Morgan fingerprint density at radius 3 is 2.79 bits per heavy atom. The minimum atomic E-state index is -0.307. The number of nitrogens with zero attached hydrogens (tertiary/aromatic N) is 3. The van der Waals surface area contributed by atoms with Crippen LogP contribution in [0.3, 0.4) is 0 Å². The predicted molar refractivity (Wildman–Crippen MR) is 103 cm³/mol. The van der Waals surface area contributed by atoms with E-state index in [-0.39, 0.29) is 23.5 Å². The van der Waals surface area contributed by atoms with Gasteiger partial charge < -0.3 is 19.5 Å². The van der Waals surface area contributed by atoms with Gasteiger partial charge in [0.15, 0.2) is 0 Å². The standard InChI is InChI=1S/C20H24N4O4/c1-21-18(25)7-4-14-3-6-16(22-11-14)17-13-24(9-10-28-17)20(27)15-5-8-19(26)23(2)12-15/h3,5-6,8,11-12,17H,4,7,9-10,13H2,1-2H3,(H,21,25). The third-order valence-corrected chi connectivity index (χ3v) is 4.78. The zero-order valence-corrected chi connectivity index (χ0v) is 16.1. The first-order valence-corrected chi connectivity index (χ1v) is 9.21. The van der Waals surface area contributed by atoms with Gasteiger partial charge in [0, 0.05) is 45.5 Å². The molecule has 2 amide bonds. The highest BCUT2D eigenvalue weighted by molar-refractivity contribution is 5.94. The number of rotatable bonds is 5. The molecular formula is C20H24N4O4. The highest BCUT2D eigenvalue weighted by Crippen LogP contribution is 2.22. The fourth-order valence-corrected chi connectivity index (χ4v) is 3.07. The Bertz CT molecular complexity index is 907. The monoisotopic (exact) mass is 384 g/mol. The largest absolute Gasteiger partial charge is 0.368 e. The fraction of sp³-hybridized carbons (Fsp3) is 0.400. The molecule has 148 valence electrons. The van der Waals surface area contributed by atoms with Crippen molar-refractivity contribution in [3.63, 3.8) is 0 Å². The van der Waals surface area contributed by atoms with Crippen LogP contribution < -0.4 is 10.9 Å². The number of aromatic nitrogens is 2. The maximum Gasteiger partial charge on any atom is 0.255 e. The Kier molecular flexibility index (Phi) is 6.20. The van der Waals surface area contributed by atoms with E-state index in [0.29, 0.717) is 38.1 Å². The van der Waals surface area contributed by atoms with Crippen LogP contribution in [0.4, 0.5) is 0 Å². The summed E-state index contributed by atoms with van der Waals surface area (Å²) in [5.74, 6) is -0.140. The van der Waals surface area contributed by atoms with Crippen LogP contribution in [0, 0.1) is 0 Å². The van der Waals surface area contributed by atoms with Crippen molar-refractivity contribution in [2.75, 3.05) is 26.7 Å². The molecule has 2 aromatic rings. The Morgan fingerprint density at radius 2 is 2.11 bits per heavy atom. The number of nitrogens with one attached hydrogen (secondary N) is 1. The first-order valence-electron chi connectivity index (χ1n) is 9.21. The Morgan fingerprint density at radius 1 is 1.29 bits per heavy atom. The summed E-state index contributed by atoms with van der Waals surface area (Å²) in [5.41, 5.74) is 2.04. The second-order valence-corrected chi connectivity index (χ2v) is 6.74. The van der Waals surface area contributed by atoms with E-state index < -0.39 is 0 Å². The second-order valence-electron chi connectivity index (χ2n) is 6.74. The SMILES string of the molecule is CNC(=O)CCc1ccc(C2CN(C(=O)c3ccc(=O)n(C)c3)CCO2)nc1. The van der Waals surface area contributed by atoms with E-state index in [4.69, 9.17) is 4.74 Å². The maximum absolute atomic E-state index is 12.8. The van der Waals surface area contributed by atoms with E-state index >= 15 is 0 Å². The molecule has 0 radical (unpaired) electrons. The third kappa shape index (κ3) is 4.64. The van der Waals surface area contributed by atoms with Gasteiger partial charge in [-0.25, -0.2) is 0 Å². The molecule has 1 atom stereocenters. The molecule has 0 aliphatic carbocycles. The van der Waals surface area contributed by atoms with Crippen molar-refractivity contribution in [3.8, 4) is 0 Å². The molecule has 0 bridgehead atoms. The molecule has 3 rings (SSSR count). The van der Waals surface area contributed by atoms with Gasteiger partial charge in [-0.3, -0.25) is 19.4 Å². The molecule has 1 fully saturated rings. The van der Waals surface area contributed by atoms with Gasteiger partial charge in [0.25, 0.3) is 5.91 Å². The van der Waals surface area contributed by atoms with E-state index in [9.17, 15) is 14.4 Å².